The van der Waals surface area contributed by atoms with Crippen LogP contribution in [0.3, 0.4) is 0 Å². The van der Waals surface area contributed by atoms with Crippen LogP contribution in [-0.2, 0) is 0 Å². The van der Waals surface area contributed by atoms with Crippen molar-refractivity contribution in [1.82, 2.24) is 9.55 Å². The van der Waals surface area contributed by atoms with Crippen LogP contribution in [0.15, 0.2) is 30.2 Å². The van der Waals surface area contributed by atoms with Crippen LogP contribution < -0.4 is 5.73 Å². The summed E-state index contributed by atoms with van der Waals surface area (Å²) in [6, 6.07) is 0.393. The highest BCUT2D eigenvalue weighted by atomic mass is 15.1. The van der Waals surface area contributed by atoms with Crippen LogP contribution in [0.5, 0.6) is 0 Å². The normalized spacial score (nSPS) is 44.6. The van der Waals surface area contributed by atoms with Crippen LogP contribution in [0.4, 0.5) is 0 Å². The van der Waals surface area contributed by atoms with E-state index in [0.29, 0.717) is 16.9 Å². The fourth-order valence-electron chi connectivity index (χ4n) is 7.19. The third-order valence-electron chi connectivity index (χ3n) is 8.67. The highest BCUT2D eigenvalue weighted by Gasteiger charge is 2.56. The first-order valence-corrected chi connectivity index (χ1v) is 10.6. The van der Waals surface area contributed by atoms with Crippen molar-refractivity contribution in [3.63, 3.8) is 0 Å². The van der Waals surface area contributed by atoms with E-state index in [0.717, 1.165) is 29.9 Å². The zero-order valence-electron chi connectivity index (χ0n) is 16.5. The van der Waals surface area contributed by atoms with Crippen molar-refractivity contribution in [2.45, 2.75) is 71.8 Å². The smallest absolute Gasteiger partial charge is 0.0992 e. The molecule has 0 aliphatic heterocycles. The second kappa shape index (κ2) is 5.58. The lowest BCUT2D eigenvalue weighted by atomic mass is 9.47. The summed E-state index contributed by atoms with van der Waals surface area (Å²) in [5, 5.41) is 0. The second-order valence-corrected chi connectivity index (χ2v) is 9.97. The van der Waals surface area contributed by atoms with Gasteiger partial charge in [-0.1, -0.05) is 31.6 Å². The van der Waals surface area contributed by atoms with Crippen LogP contribution >= 0.6 is 0 Å². The number of nitrogens with two attached hydrogens (primary N) is 1. The average molecular weight is 352 g/mol. The third-order valence-corrected chi connectivity index (χ3v) is 8.67. The molecule has 1 heterocycles. The summed E-state index contributed by atoms with van der Waals surface area (Å²) >= 11 is 0. The topological polar surface area (TPSA) is 43.8 Å². The Labute approximate surface area is 157 Å². The molecule has 2 fully saturated rings. The van der Waals surface area contributed by atoms with Crippen LogP contribution in [0, 0.1) is 35.5 Å². The van der Waals surface area contributed by atoms with Gasteiger partial charge in [0.05, 0.1) is 12.0 Å². The van der Waals surface area contributed by atoms with Crippen LogP contribution in [-0.4, -0.2) is 15.6 Å². The lowest BCUT2D eigenvalue weighted by Crippen LogP contribution is -2.50. The molecule has 2 saturated carbocycles. The molecule has 0 bridgehead atoms. The molecule has 1 aromatic heterocycles. The molecule has 0 amide bonds. The Hall–Kier alpha value is -1.35. The van der Waals surface area contributed by atoms with Crippen LogP contribution in [0.2, 0.25) is 0 Å². The lowest BCUT2D eigenvalue weighted by Gasteiger charge is -2.57. The first-order chi connectivity index (χ1) is 12.4. The van der Waals surface area contributed by atoms with Gasteiger partial charge in [-0.15, -0.1) is 0 Å². The molecule has 1 aromatic rings. The predicted molar refractivity (Wildman–Crippen MR) is 106 cm³/mol. The number of allylic oxidation sites excluding steroid dienone is 3. The fourth-order valence-corrected chi connectivity index (χ4v) is 7.19. The monoisotopic (exact) mass is 351 g/mol. The quantitative estimate of drug-likeness (QED) is 0.729. The zero-order chi connectivity index (χ0) is 18.1. The minimum atomic E-state index is 0.307. The van der Waals surface area contributed by atoms with E-state index in [1.54, 1.807) is 5.57 Å². The second-order valence-electron chi connectivity index (χ2n) is 9.97. The third kappa shape index (κ3) is 2.19. The van der Waals surface area contributed by atoms with Crippen LogP contribution in [0.1, 0.15) is 64.5 Å². The Morgan fingerprint density at radius 1 is 1.08 bits per heavy atom. The largest absolute Gasteiger partial charge is 0.327 e. The summed E-state index contributed by atoms with van der Waals surface area (Å²) in [6.07, 6.45) is 18.2. The van der Waals surface area contributed by atoms with Gasteiger partial charge in [-0.05, 0) is 75.0 Å². The Bertz CT molecular complexity index is 787. The number of fused-ring (bicyclic) bond motifs is 5. The highest BCUT2D eigenvalue weighted by molar-refractivity contribution is 5.57. The van der Waals surface area contributed by atoms with Gasteiger partial charge in [-0.3, -0.25) is 0 Å². The molecule has 0 saturated heterocycles. The Morgan fingerprint density at radius 3 is 2.65 bits per heavy atom. The van der Waals surface area contributed by atoms with Crippen molar-refractivity contribution in [1.29, 1.82) is 0 Å². The Balaban J connectivity index is 1.47. The molecular weight excluding hydrogens is 318 g/mol. The Morgan fingerprint density at radius 2 is 1.88 bits per heavy atom. The van der Waals surface area contributed by atoms with Gasteiger partial charge in [-0.2, -0.15) is 0 Å². The molecule has 4 aliphatic carbocycles. The van der Waals surface area contributed by atoms with Gasteiger partial charge in [0.2, 0.25) is 0 Å². The van der Waals surface area contributed by atoms with E-state index in [9.17, 15) is 0 Å². The molecule has 5 rings (SSSR count). The van der Waals surface area contributed by atoms with Crippen molar-refractivity contribution < 1.29 is 0 Å². The minimum absolute atomic E-state index is 0.307. The molecule has 3 heteroatoms. The highest BCUT2D eigenvalue weighted by Crippen LogP contribution is 2.65. The molecule has 6 atom stereocenters. The summed E-state index contributed by atoms with van der Waals surface area (Å²) in [6.45, 7) is 7.18. The van der Waals surface area contributed by atoms with Crippen LogP contribution in [0.25, 0.3) is 5.70 Å². The summed E-state index contributed by atoms with van der Waals surface area (Å²) in [4.78, 5) is 4.48. The number of hydrogen-bond donors (Lipinski definition) is 1. The first kappa shape index (κ1) is 16.8. The van der Waals surface area contributed by atoms with Gasteiger partial charge < -0.3 is 10.3 Å². The molecule has 4 aliphatic rings. The summed E-state index contributed by atoms with van der Waals surface area (Å²) < 4.78 is 2.31. The zero-order valence-corrected chi connectivity index (χ0v) is 16.5. The van der Waals surface area contributed by atoms with Crippen molar-refractivity contribution in [2.24, 2.45) is 34.3 Å². The van der Waals surface area contributed by atoms with Gasteiger partial charge in [0.1, 0.15) is 0 Å². The predicted octanol–water partition coefficient (Wildman–Crippen LogP) is 4.93. The molecule has 0 aromatic carbocycles. The number of rotatable bonds is 1. The van der Waals surface area contributed by atoms with E-state index in [4.69, 9.17) is 5.73 Å². The number of aryl methyl sites for hydroxylation is 1. The van der Waals surface area contributed by atoms with Crippen molar-refractivity contribution in [2.75, 3.05) is 0 Å². The maximum atomic E-state index is 6.30. The van der Waals surface area contributed by atoms with Gasteiger partial charge in [0.25, 0.3) is 0 Å². The van der Waals surface area contributed by atoms with E-state index < -0.39 is 0 Å². The fraction of sp³-hybridized carbons (Fsp3) is 0.696. The molecule has 0 spiro atoms. The summed E-state index contributed by atoms with van der Waals surface area (Å²) in [5.41, 5.74) is 11.3. The molecule has 140 valence electrons. The lowest BCUT2D eigenvalue weighted by molar-refractivity contribution is -0.0127. The van der Waals surface area contributed by atoms with Gasteiger partial charge >= 0.3 is 0 Å². The van der Waals surface area contributed by atoms with Crippen molar-refractivity contribution in [3.05, 3.63) is 35.9 Å². The maximum absolute atomic E-state index is 6.30. The Kier molecular flexibility index (Phi) is 3.60. The van der Waals surface area contributed by atoms with Gasteiger partial charge in [0.15, 0.2) is 0 Å². The van der Waals surface area contributed by atoms with Crippen molar-refractivity contribution in [3.8, 4) is 0 Å². The minimum Gasteiger partial charge on any atom is -0.327 e. The number of aromatic nitrogens is 2. The summed E-state index contributed by atoms with van der Waals surface area (Å²) in [7, 11) is 0. The van der Waals surface area contributed by atoms with E-state index in [1.807, 2.05) is 6.33 Å². The standard InChI is InChI=1S/C23H33N3/c1-15-13-26(14-25-15)21-7-6-19-18-5-4-16-12-17(24)8-10-22(16,2)20(18)9-11-23(19,21)3/h4,7,13-14,17-20H,5-6,8-12,24H2,1-3H3/t17-,18?,19?,20?,22+,23+/m1/s1. The molecule has 3 unspecified atom stereocenters. The number of nitrogens with zero attached hydrogens (tertiary/aromatic N) is 2. The van der Waals surface area contributed by atoms with E-state index in [1.165, 1.54) is 44.2 Å². The molecule has 26 heavy (non-hydrogen) atoms. The molecule has 0 radical (unpaired) electrons. The molecule has 2 N–H and O–H groups in total. The van der Waals surface area contributed by atoms with E-state index >= 15 is 0 Å². The maximum Gasteiger partial charge on any atom is 0.0992 e. The van der Waals surface area contributed by atoms with E-state index in [-0.39, 0.29) is 0 Å². The number of imidazole rings is 1. The molecular formula is C23H33N3. The average Bonchev–Trinajstić information content (AvgIpc) is 3.18. The summed E-state index contributed by atoms with van der Waals surface area (Å²) in [5.74, 6) is 2.46. The first-order valence-electron chi connectivity index (χ1n) is 10.6. The number of hydrogen-bond acceptors (Lipinski definition) is 2. The van der Waals surface area contributed by atoms with Gasteiger partial charge in [-0.25, -0.2) is 4.98 Å². The van der Waals surface area contributed by atoms with Gasteiger partial charge in [0, 0.05) is 23.4 Å². The van der Waals surface area contributed by atoms with E-state index in [2.05, 4.69) is 48.7 Å². The SMILES string of the molecule is Cc1cn(C2=CCC3C4CC=C5C[C@H](N)CC[C@]5(C)C4CC[C@]23C)cn1. The molecule has 3 nitrogen and oxygen atoms in total. The van der Waals surface area contributed by atoms with Crippen molar-refractivity contribution >= 4 is 5.70 Å².